The third-order valence-electron chi connectivity index (χ3n) is 7.49. The van der Waals surface area contributed by atoms with E-state index in [1.165, 1.54) is 0 Å². The zero-order valence-electron chi connectivity index (χ0n) is 23.1. The van der Waals surface area contributed by atoms with Crippen molar-refractivity contribution >= 4 is 34.7 Å². The van der Waals surface area contributed by atoms with E-state index in [4.69, 9.17) is 9.41 Å². The maximum Gasteiger partial charge on any atom is 0.400 e. The molecule has 1 fully saturated rings. The van der Waals surface area contributed by atoms with Crippen LogP contribution in [0.2, 0.25) is 0 Å². The van der Waals surface area contributed by atoms with E-state index >= 15 is 0 Å². The molecule has 222 valence electrons. The molecule has 3 aromatic heterocycles. The Morgan fingerprint density at radius 3 is 2.45 bits per heavy atom. The number of para-hydroxylation sites is 1. The largest absolute Gasteiger partial charge is 0.402 e. The summed E-state index contributed by atoms with van der Waals surface area (Å²) in [7, 11) is 0. The molecule has 2 aliphatic rings. The van der Waals surface area contributed by atoms with Gasteiger partial charge < -0.3 is 15.1 Å². The molecule has 0 spiro atoms. The Morgan fingerprint density at radius 2 is 1.75 bits per heavy atom. The number of anilines is 2. The highest BCUT2D eigenvalue weighted by molar-refractivity contribution is 7.15. The average Bonchev–Trinajstić information content (AvgIpc) is 3.58. The van der Waals surface area contributed by atoms with Gasteiger partial charge in [0.05, 0.1) is 16.3 Å². The van der Waals surface area contributed by atoms with Gasteiger partial charge in [0.25, 0.3) is 11.8 Å². The minimum absolute atomic E-state index is 0.0499. The molecule has 1 aliphatic carbocycles. The molecule has 7 rings (SSSR count). The number of halogens is 3. The molecule has 1 atom stereocenters. The number of nitrogens with one attached hydrogen (secondary N) is 2. The summed E-state index contributed by atoms with van der Waals surface area (Å²) in [5.74, 6) is 0.0124. The number of aromatic nitrogens is 5. The molecule has 14 heteroatoms. The first-order valence-corrected chi connectivity index (χ1v) is 14.6. The Hall–Kier alpha value is -4.98. The van der Waals surface area contributed by atoms with Crippen molar-refractivity contribution in [1.82, 2.24) is 25.1 Å². The Labute approximate surface area is 252 Å². The van der Waals surface area contributed by atoms with Crippen molar-refractivity contribution in [3.63, 3.8) is 0 Å². The molecule has 0 unspecified atom stereocenters. The van der Waals surface area contributed by atoms with E-state index in [-0.39, 0.29) is 35.4 Å². The zero-order valence-corrected chi connectivity index (χ0v) is 23.9. The lowest BCUT2D eigenvalue weighted by Crippen LogP contribution is -2.32. The fourth-order valence-electron chi connectivity index (χ4n) is 4.94. The number of alkyl halides is 3. The van der Waals surface area contributed by atoms with Gasteiger partial charge in [-0.05, 0) is 18.9 Å². The number of aryl methyl sites for hydroxylation is 1. The van der Waals surface area contributed by atoms with E-state index in [0.717, 1.165) is 22.5 Å². The van der Waals surface area contributed by atoms with Gasteiger partial charge in [0.2, 0.25) is 6.17 Å². The summed E-state index contributed by atoms with van der Waals surface area (Å²) in [6.07, 6.45) is -2.03. The van der Waals surface area contributed by atoms with Gasteiger partial charge >= 0.3 is 12.2 Å². The summed E-state index contributed by atoms with van der Waals surface area (Å²) in [5.41, 5.74) is 1.24. The topological polar surface area (TPSA) is 131 Å². The van der Waals surface area contributed by atoms with Gasteiger partial charge in [-0.3, -0.25) is 4.79 Å². The molecule has 1 saturated carbocycles. The SMILES string of the molecule is CCc1ncc(-c2sc(C3(C(F)(F)F)CC3)nc2-c2nnc(N[C@H]3N=C(c4ccccc4)c4ccccc4NC3=O)o2)cn1. The summed E-state index contributed by atoms with van der Waals surface area (Å²) in [6.45, 7) is 1.90. The first-order valence-electron chi connectivity index (χ1n) is 13.8. The molecule has 0 saturated heterocycles. The molecule has 4 heterocycles. The molecule has 2 aromatic carbocycles. The zero-order chi connectivity index (χ0) is 30.5. The van der Waals surface area contributed by atoms with Crippen LogP contribution in [0.3, 0.4) is 0 Å². The summed E-state index contributed by atoms with van der Waals surface area (Å²) < 4.78 is 48.0. The molecule has 0 radical (unpaired) electrons. The number of benzene rings is 2. The Kier molecular flexibility index (Phi) is 6.72. The molecular formula is C30H23F3N8O2S. The lowest BCUT2D eigenvalue weighted by atomic mass is 10.0. The maximum absolute atomic E-state index is 14.0. The van der Waals surface area contributed by atoms with Crippen molar-refractivity contribution in [2.75, 3.05) is 10.6 Å². The predicted octanol–water partition coefficient (Wildman–Crippen LogP) is 6.03. The summed E-state index contributed by atoms with van der Waals surface area (Å²) in [6, 6.07) is 16.6. The van der Waals surface area contributed by atoms with Gasteiger partial charge in [-0.15, -0.1) is 16.4 Å². The quantitative estimate of drug-likeness (QED) is 0.227. The predicted molar refractivity (Wildman–Crippen MR) is 157 cm³/mol. The molecule has 0 bridgehead atoms. The molecule has 1 aliphatic heterocycles. The molecule has 2 N–H and O–H groups in total. The number of rotatable bonds is 7. The molecule has 10 nitrogen and oxygen atoms in total. The number of nitrogens with zero attached hydrogens (tertiary/aromatic N) is 6. The number of thiazole rings is 1. The fourth-order valence-corrected chi connectivity index (χ4v) is 6.24. The third-order valence-corrected chi connectivity index (χ3v) is 8.80. The van der Waals surface area contributed by atoms with Gasteiger partial charge in [-0.25, -0.2) is 19.9 Å². The minimum atomic E-state index is -4.46. The lowest BCUT2D eigenvalue weighted by molar-refractivity contribution is -0.160. The number of carbonyl (C=O) groups excluding carboxylic acids is 1. The first-order chi connectivity index (χ1) is 21.3. The Bertz CT molecular complexity index is 1880. The normalized spacial score (nSPS) is 17.3. The highest BCUT2D eigenvalue weighted by atomic mass is 32.1. The summed E-state index contributed by atoms with van der Waals surface area (Å²) >= 11 is 0.911. The molecule has 44 heavy (non-hydrogen) atoms. The van der Waals surface area contributed by atoms with Crippen LogP contribution in [0.25, 0.3) is 22.0 Å². The number of hydrogen-bond acceptors (Lipinski definition) is 10. The maximum atomic E-state index is 14.0. The van der Waals surface area contributed by atoms with Crippen LogP contribution in [0.15, 0.2) is 76.4 Å². The van der Waals surface area contributed by atoms with Crippen LogP contribution in [0.1, 0.15) is 41.7 Å². The summed E-state index contributed by atoms with van der Waals surface area (Å²) in [5, 5.41) is 13.8. The molecule has 1 amide bonds. The van der Waals surface area contributed by atoms with Gasteiger partial charge in [0.15, 0.2) is 0 Å². The van der Waals surface area contributed by atoms with Crippen LogP contribution in [-0.2, 0) is 16.6 Å². The monoisotopic (exact) mass is 616 g/mol. The van der Waals surface area contributed by atoms with E-state index in [9.17, 15) is 18.0 Å². The Morgan fingerprint density at radius 1 is 1.02 bits per heavy atom. The van der Waals surface area contributed by atoms with Crippen LogP contribution in [-0.4, -0.2) is 49.1 Å². The number of hydrogen-bond donors (Lipinski definition) is 2. The van der Waals surface area contributed by atoms with Crippen molar-refractivity contribution in [1.29, 1.82) is 0 Å². The average molecular weight is 617 g/mol. The van der Waals surface area contributed by atoms with Crippen LogP contribution in [0, 0.1) is 0 Å². The summed E-state index contributed by atoms with van der Waals surface area (Å²) in [4.78, 5) is 31.3. The van der Waals surface area contributed by atoms with Gasteiger partial charge in [0.1, 0.15) is 21.9 Å². The van der Waals surface area contributed by atoms with Crippen LogP contribution >= 0.6 is 11.3 Å². The second-order valence-corrected chi connectivity index (χ2v) is 11.4. The van der Waals surface area contributed by atoms with Crippen LogP contribution in [0.4, 0.5) is 24.9 Å². The smallest absolute Gasteiger partial charge is 0.400 e. The van der Waals surface area contributed by atoms with Crippen molar-refractivity contribution in [2.45, 2.75) is 43.9 Å². The highest BCUT2D eigenvalue weighted by Crippen LogP contribution is 2.61. The fraction of sp³-hybridized carbons (Fsp3) is 0.233. The first kappa shape index (κ1) is 27.8. The van der Waals surface area contributed by atoms with E-state index in [2.05, 4.69) is 35.8 Å². The van der Waals surface area contributed by atoms with Gasteiger partial charge in [0, 0.05) is 35.5 Å². The standard InChI is InChI=1S/C30H23F3N8O2S/c1-2-20-34-14-17(15-35-20)23-22(38-27(44-23)29(12-13-29)30(31,32)33)26-40-41-28(43-26)39-24-25(42)36-19-11-7-6-10-18(19)21(37-24)16-8-4-3-5-9-16/h3-11,14-15,24H,2,12-13H2,1H3,(H,36,42)(H,39,41)/t24-/m1/s1. The third kappa shape index (κ3) is 4.90. The van der Waals surface area contributed by atoms with E-state index in [0.29, 0.717) is 34.1 Å². The second kappa shape index (κ2) is 10.6. The number of benzodiazepines with no additional fused rings is 1. The number of amides is 1. The number of fused-ring (bicyclic) bond motifs is 1. The van der Waals surface area contributed by atoms with Crippen molar-refractivity contribution in [3.05, 3.63) is 88.9 Å². The lowest BCUT2D eigenvalue weighted by Gasteiger charge is -2.15. The van der Waals surface area contributed by atoms with E-state index < -0.39 is 23.7 Å². The van der Waals surface area contributed by atoms with E-state index in [1.807, 2.05) is 55.5 Å². The van der Waals surface area contributed by atoms with Crippen LogP contribution < -0.4 is 10.6 Å². The van der Waals surface area contributed by atoms with Crippen molar-refractivity contribution in [3.8, 4) is 22.0 Å². The van der Waals surface area contributed by atoms with Crippen LogP contribution in [0.5, 0.6) is 0 Å². The molecule has 5 aromatic rings. The Balaban J connectivity index is 1.25. The number of carbonyl (C=O) groups is 1. The van der Waals surface area contributed by atoms with Crippen molar-refractivity contribution in [2.24, 2.45) is 4.99 Å². The van der Waals surface area contributed by atoms with Gasteiger partial charge in [-0.1, -0.05) is 60.6 Å². The molecular weight excluding hydrogens is 593 g/mol. The van der Waals surface area contributed by atoms with E-state index in [1.54, 1.807) is 18.5 Å². The number of aliphatic imine (C=N–C) groups is 1. The van der Waals surface area contributed by atoms with Crippen molar-refractivity contribution < 1.29 is 22.4 Å². The second-order valence-electron chi connectivity index (χ2n) is 10.4. The highest BCUT2D eigenvalue weighted by Gasteiger charge is 2.66. The van der Waals surface area contributed by atoms with Gasteiger partial charge in [-0.2, -0.15) is 13.2 Å². The minimum Gasteiger partial charge on any atom is -0.402 e.